The molecule has 1 N–H and O–H groups in total. The molecule has 0 spiro atoms. The van der Waals surface area contributed by atoms with E-state index in [1.807, 2.05) is 12.1 Å². The molecule has 0 heterocycles. The van der Waals surface area contributed by atoms with Crippen LogP contribution in [0.1, 0.15) is 63.9 Å². The molecule has 1 nitrogen and oxygen atoms in total. The Morgan fingerprint density at radius 2 is 1.60 bits per heavy atom. The highest BCUT2D eigenvalue weighted by atomic mass is 35.5. The third-order valence-corrected chi connectivity index (χ3v) is 5.54. The lowest BCUT2D eigenvalue weighted by atomic mass is 9.73. The number of hydrogen-bond donors (Lipinski definition) is 1. The van der Waals surface area contributed by atoms with Crippen molar-refractivity contribution in [1.29, 1.82) is 0 Å². The number of hydrogen-bond acceptors (Lipinski definition) is 1. The molecule has 2 fully saturated rings. The predicted molar refractivity (Wildman–Crippen MR) is 86.4 cm³/mol. The van der Waals surface area contributed by atoms with E-state index in [1.54, 1.807) is 0 Å². The van der Waals surface area contributed by atoms with Crippen molar-refractivity contribution < 1.29 is 0 Å². The molecule has 2 saturated carbocycles. The quantitative estimate of drug-likeness (QED) is 0.812. The molecule has 1 aromatic carbocycles. The zero-order valence-corrected chi connectivity index (χ0v) is 13.4. The molecule has 2 aliphatic rings. The van der Waals surface area contributed by atoms with Crippen molar-refractivity contribution in [3.05, 3.63) is 34.9 Å². The van der Waals surface area contributed by atoms with Gasteiger partial charge in [-0.05, 0) is 67.6 Å². The number of halogens is 1. The Balaban J connectivity index is 1.43. The topological polar surface area (TPSA) is 12.0 Å². The van der Waals surface area contributed by atoms with Gasteiger partial charge in [0.2, 0.25) is 0 Å². The fraction of sp³-hybridized carbons (Fsp3) is 0.667. The average Bonchev–Trinajstić information content (AvgIpc) is 2.37. The van der Waals surface area contributed by atoms with Gasteiger partial charge in [-0.1, -0.05) is 37.6 Å². The van der Waals surface area contributed by atoms with Crippen LogP contribution >= 0.6 is 11.6 Å². The lowest BCUT2D eigenvalue weighted by Gasteiger charge is -2.42. The first kappa shape index (κ1) is 14.4. The van der Waals surface area contributed by atoms with Crippen LogP contribution in [0.5, 0.6) is 0 Å². The highest BCUT2D eigenvalue weighted by Crippen LogP contribution is 2.40. The van der Waals surface area contributed by atoms with Crippen molar-refractivity contribution in [3.63, 3.8) is 0 Å². The molecule has 20 heavy (non-hydrogen) atoms. The van der Waals surface area contributed by atoms with Crippen LogP contribution in [0, 0.1) is 5.41 Å². The number of rotatable bonds is 3. The Morgan fingerprint density at radius 1 is 1.00 bits per heavy atom. The van der Waals surface area contributed by atoms with Crippen molar-refractivity contribution >= 4 is 11.6 Å². The van der Waals surface area contributed by atoms with E-state index in [2.05, 4.69) is 31.3 Å². The van der Waals surface area contributed by atoms with E-state index in [1.165, 1.54) is 44.1 Å². The van der Waals surface area contributed by atoms with Gasteiger partial charge in [0, 0.05) is 17.1 Å². The number of nitrogens with one attached hydrogen (secondary N) is 1. The highest BCUT2D eigenvalue weighted by molar-refractivity contribution is 6.30. The first-order valence-electron chi connectivity index (χ1n) is 8.03. The second-order valence-electron chi connectivity index (χ2n) is 7.52. The summed E-state index contributed by atoms with van der Waals surface area (Å²) >= 11 is 5.95. The molecule has 3 rings (SSSR count). The van der Waals surface area contributed by atoms with Gasteiger partial charge >= 0.3 is 0 Å². The normalized spacial score (nSPS) is 29.9. The third-order valence-electron chi connectivity index (χ3n) is 5.29. The third kappa shape index (κ3) is 3.38. The molecule has 1 aromatic rings. The summed E-state index contributed by atoms with van der Waals surface area (Å²) in [5.74, 6) is 0.741. The smallest absolute Gasteiger partial charge is 0.0406 e. The van der Waals surface area contributed by atoms with Crippen LogP contribution in [0.4, 0.5) is 0 Å². The summed E-state index contributed by atoms with van der Waals surface area (Å²) in [7, 11) is 0. The van der Waals surface area contributed by atoms with Crippen LogP contribution in [0.3, 0.4) is 0 Å². The van der Waals surface area contributed by atoms with Crippen molar-refractivity contribution in [3.8, 4) is 0 Å². The molecule has 0 atom stereocenters. The summed E-state index contributed by atoms with van der Waals surface area (Å²) < 4.78 is 0. The van der Waals surface area contributed by atoms with E-state index in [0.29, 0.717) is 5.41 Å². The van der Waals surface area contributed by atoms with Crippen molar-refractivity contribution in [1.82, 2.24) is 5.32 Å². The van der Waals surface area contributed by atoms with Crippen LogP contribution in [0.2, 0.25) is 5.02 Å². The maximum absolute atomic E-state index is 5.95. The van der Waals surface area contributed by atoms with Crippen LogP contribution < -0.4 is 5.32 Å². The van der Waals surface area contributed by atoms with Crippen LogP contribution in [-0.4, -0.2) is 12.1 Å². The van der Waals surface area contributed by atoms with Gasteiger partial charge in [-0.15, -0.1) is 0 Å². The second kappa shape index (κ2) is 5.69. The van der Waals surface area contributed by atoms with Gasteiger partial charge in [-0.2, -0.15) is 0 Å². The van der Waals surface area contributed by atoms with E-state index in [4.69, 9.17) is 11.6 Å². The minimum atomic E-state index is 0.573. The zero-order valence-electron chi connectivity index (χ0n) is 12.7. The van der Waals surface area contributed by atoms with Crippen LogP contribution in [0.25, 0.3) is 0 Å². The van der Waals surface area contributed by atoms with Gasteiger partial charge in [-0.3, -0.25) is 0 Å². The summed E-state index contributed by atoms with van der Waals surface area (Å²) in [5, 5.41) is 4.72. The lowest BCUT2D eigenvalue weighted by Crippen LogP contribution is -2.47. The Labute approximate surface area is 128 Å². The van der Waals surface area contributed by atoms with Gasteiger partial charge in [0.05, 0.1) is 0 Å². The Morgan fingerprint density at radius 3 is 2.20 bits per heavy atom. The standard InChI is InChI=1S/C18H26ClN/c1-18(2)9-7-16(8-10-18)20-17-11-14(12-17)13-3-5-15(19)6-4-13/h3-6,14,16-17,20H,7-12H2,1-2H3. The van der Waals surface area contributed by atoms with Crippen LogP contribution in [-0.2, 0) is 0 Å². The van der Waals surface area contributed by atoms with E-state index >= 15 is 0 Å². The number of benzene rings is 1. The molecule has 0 amide bonds. The zero-order chi connectivity index (χ0) is 14.2. The van der Waals surface area contributed by atoms with E-state index in [-0.39, 0.29) is 0 Å². The fourth-order valence-electron chi connectivity index (χ4n) is 3.66. The first-order valence-corrected chi connectivity index (χ1v) is 8.41. The monoisotopic (exact) mass is 291 g/mol. The van der Waals surface area contributed by atoms with Crippen molar-refractivity contribution in [2.45, 2.75) is 70.4 Å². The van der Waals surface area contributed by atoms with Crippen molar-refractivity contribution in [2.75, 3.05) is 0 Å². The molecule has 2 heteroatoms. The molecule has 0 saturated heterocycles. The maximum atomic E-state index is 5.95. The van der Waals surface area contributed by atoms with E-state index in [9.17, 15) is 0 Å². The summed E-state index contributed by atoms with van der Waals surface area (Å²) in [4.78, 5) is 0. The molecule has 110 valence electrons. The summed E-state index contributed by atoms with van der Waals surface area (Å²) in [5.41, 5.74) is 2.03. The lowest BCUT2D eigenvalue weighted by molar-refractivity contribution is 0.174. The molecule has 0 bridgehead atoms. The second-order valence-corrected chi connectivity index (χ2v) is 7.96. The van der Waals surface area contributed by atoms with Gasteiger partial charge in [-0.25, -0.2) is 0 Å². The Kier molecular flexibility index (Phi) is 4.10. The van der Waals surface area contributed by atoms with Gasteiger partial charge < -0.3 is 5.32 Å². The summed E-state index contributed by atoms with van der Waals surface area (Å²) in [6.45, 7) is 4.81. The Bertz CT molecular complexity index is 435. The maximum Gasteiger partial charge on any atom is 0.0406 e. The fourth-order valence-corrected chi connectivity index (χ4v) is 3.79. The minimum absolute atomic E-state index is 0.573. The SMILES string of the molecule is CC1(C)CCC(NC2CC(c3ccc(Cl)cc3)C2)CC1. The summed E-state index contributed by atoms with van der Waals surface area (Å²) in [6.07, 6.45) is 8.04. The molecule has 0 aromatic heterocycles. The van der Waals surface area contributed by atoms with Crippen LogP contribution in [0.15, 0.2) is 24.3 Å². The van der Waals surface area contributed by atoms with Gasteiger partial charge in [0.1, 0.15) is 0 Å². The molecule has 0 aliphatic heterocycles. The molecular weight excluding hydrogens is 266 g/mol. The largest absolute Gasteiger partial charge is 0.311 e. The average molecular weight is 292 g/mol. The Hall–Kier alpha value is -0.530. The van der Waals surface area contributed by atoms with Gasteiger partial charge in [0.15, 0.2) is 0 Å². The van der Waals surface area contributed by atoms with Crippen molar-refractivity contribution in [2.24, 2.45) is 5.41 Å². The minimum Gasteiger partial charge on any atom is -0.311 e. The predicted octanol–water partition coefficient (Wildman–Crippen LogP) is 5.14. The highest BCUT2D eigenvalue weighted by Gasteiger charge is 2.33. The molecular formula is C18H26ClN. The van der Waals surface area contributed by atoms with E-state index in [0.717, 1.165) is 23.0 Å². The summed E-state index contributed by atoms with van der Waals surface area (Å²) in [6, 6.07) is 9.90. The molecule has 0 unspecified atom stereocenters. The van der Waals surface area contributed by atoms with E-state index < -0.39 is 0 Å². The first-order chi connectivity index (χ1) is 9.52. The molecule has 2 aliphatic carbocycles. The van der Waals surface area contributed by atoms with Gasteiger partial charge in [0.25, 0.3) is 0 Å². The molecule has 0 radical (unpaired) electrons.